The van der Waals surface area contributed by atoms with Crippen molar-refractivity contribution in [1.29, 1.82) is 0 Å². The van der Waals surface area contributed by atoms with Crippen LogP contribution in [0, 0.1) is 5.82 Å². The summed E-state index contributed by atoms with van der Waals surface area (Å²) < 4.78 is 19.0. The van der Waals surface area contributed by atoms with Crippen molar-refractivity contribution in [3.05, 3.63) is 64.4 Å². The molecule has 0 aliphatic heterocycles. The Morgan fingerprint density at radius 2 is 1.85 bits per heavy atom. The molecule has 0 radical (unpaired) electrons. The summed E-state index contributed by atoms with van der Waals surface area (Å²) in [7, 11) is 1.63. The molecule has 0 aromatic heterocycles. The highest BCUT2D eigenvalue weighted by atomic mass is 35.5. The molecule has 0 saturated heterocycles. The first-order valence-electron chi connectivity index (χ1n) is 6.41. The van der Waals surface area contributed by atoms with Gasteiger partial charge in [0.2, 0.25) is 0 Å². The van der Waals surface area contributed by atoms with Gasteiger partial charge in [0.25, 0.3) is 0 Å². The van der Waals surface area contributed by atoms with Gasteiger partial charge >= 0.3 is 0 Å². The van der Waals surface area contributed by atoms with Crippen LogP contribution >= 0.6 is 11.6 Å². The van der Waals surface area contributed by atoms with E-state index in [0.29, 0.717) is 23.4 Å². The summed E-state index contributed by atoms with van der Waals surface area (Å²) in [5.74, 6) is 0.527. The molecule has 1 atom stereocenters. The largest absolute Gasteiger partial charge is 0.496 e. The Morgan fingerprint density at radius 3 is 2.60 bits per heavy atom. The molecule has 20 heavy (non-hydrogen) atoms. The standard InChI is InChI=1S/C16H17ClFNO/c1-20-16-5-3-2-4-11(16)9-14(19)10-12-8-13(17)6-7-15(12)18/h2-8,14H,9-10,19H2,1H3. The third-order valence-corrected chi connectivity index (χ3v) is 3.40. The molecule has 2 aromatic rings. The predicted octanol–water partition coefficient (Wildman–Crippen LogP) is 3.60. The van der Waals surface area contributed by atoms with Crippen molar-refractivity contribution >= 4 is 11.6 Å². The number of halogens is 2. The average molecular weight is 294 g/mol. The zero-order chi connectivity index (χ0) is 14.5. The first kappa shape index (κ1) is 14.8. The highest BCUT2D eigenvalue weighted by molar-refractivity contribution is 6.30. The quantitative estimate of drug-likeness (QED) is 0.914. The van der Waals surface area contributed by atoms with Crippen molar-refractivity contribution in [2.75, 3.05) is 7.11 Å². The molecular weight excluding hydrogens is 277 g/mol. The first-order valence-corrected chi connectivity index (χ1v) is 6.79. The lowest BCUT2D eigenvalue weighted by Gasteiger charge is -2.15. The number of rotatable bonds is 5. The van der Waals surface area contributed by atoms with Crippen LogP contribution < -0.4 is 10.5 Å². The first-order chi connectivity index (χ1) is 9.60. The van der Waals surface area contributed by atoms with Gasteiger partial charge in [-0.05, 0) is 48.2 Å². The minimum absolute atomic E-state index is 0.195. The monoisotopic (exact) mass is 293 g/mol. The molecule has 0 heterocycles. The zero-order valence-electron chi connectivity index (χ0n) is 11.3. The summed E-state index contributed by atoms with van der Waals surface area (Å²) in [4.78, 5) is 0. The molecule has 2 N–H and O–H groups in total. The molecule has 2 nitrogen and oxygen atoms in total. The van der Waals surface area contributed by atoms with Gasteiger partial charge < -0.3 is 10.5 Å². The Labute approximate surface area is 123 Å². The third-order valence-electron chi connectivity index (χ3n) is 3.16. The summed E-state index contributed by atoms with van der Waals surface area (Å²) in [6.07, 6.45) is 1.06. The molecule has 106 valence electrons. The van der Waals surface area contributed by atoms with E-state index in [1.54, 1.807) is 13.2 Å². The maximum atomic E-state index is 13.7. The lowest BCUT2D eigenvalue weighted by Crippen LogP contribution is -2.26. The minimum Gasteiger partial charge on any atom is -0.496 e. The summed E-state index contributed by atoms with van der Waals surface area (Å²) in [5.41, 5.74) is 7.68. The summed E-state index contributed by atoms with van der Waals surface area (Å²) in [6.45, 7) is 0. The van der Waals surface area contributed by atoms with Crippen LogP contribution in [-0.2, 0) is 12.8 Å². The minimum atomic E-state index is -0.273. The van der Waals surface area contributed by atoms with Crippen LogP contribution in [-0.4, -0.2) is 13.2 Å². The highest BCUT2D eigenvalue weighted by Crippen LogP contribution is 2.21. The number of ether oxygens (including phenoxy) is 1. The van der Waals surface area contributed by atoms with Gasteiger partial charge in [0.1, 0.15) is 11.6 Å². The highest BCUT2D eigenvalue weighted by Gasteiger charge is 2.12. The van der Waals surface area contributed by atoms with E-state index >= 15 is 0 Å². The maximum absolute atomic E-state index is 13.7. The molecule has 4 heteroatoms. The number of methoxy groups -OCH3 is 1. The van der Waals surface area contributed by atoms with Crippen LogP contribution in [0.15, 0.2) is 42.5 Å². The molecule has 0 spiro atoms. The van der Waals surface area contributed by atoms with Crippen molar-refractivity contribution < 1.29 is 9.13 Å². The molecule has 0 fully saturated rings. The number of para-hydroxylation sites is 1. The maximum Gasteiger partial charge on any atom is 0.126 e. The SMILES string of the molecule is COc1ccccc1CC(N)Cc1cc(Cl)ccc1F. The second kappa shape index (κ2) is 6.73. The van der Waals surface area contributed by atoms with Gasteiger partial charge in [0, 0.05) is 11.1 Å². The van der Waals surface area contributed by atoms with Crippen LogP contribution in [0.3, 0.4) is 0 Å². The molecule has 0 bridgehead atoms. The summed E-state index contributed by atoms with van der Waals surface area (Å²) >= 11 is 5.88. The Morgan fingerprint density at radius 1 is 1.15 bits per heavy atom. The van der Waals surface area contributed by atoms with Crippen molar-refractivity contribution in [1.82, 2.24) is 0 Å². The average Bonchev–Trinajstić information content (AvgIpc) is 2.43. The summed E-state index contributed by atoms with van der Waals surface area (Å²) in [5, 5.41) is 0.519. The van der Waals surface area contributed by atoms with Crippen LogP contribution in [0.5, 0.6) is 5.75 Å². The van der Waals surface area contributed by atoms with Crippen LogP contribution in [0.1, 0.15) is 11.1 Å². The van der Waals surface area contributed by atoms with E-state index in [4.69, 9.17) is 22.1 Å². The molecular formula is C16H17ClFNO. The number of benzene rings is 2. The van der Waals surface area contributed by atoms with E-state index in [1.165, 1.54) is 12.1 Å². The van der Waals surface area contributed by atoms with Gasteiger partial charge in [-0.25, -0.2) is 4.39 Å². The van der Waals surface area contributed by atoms with E-state index < -0.39 is 0 Å². The van der Waals surface area contributed by atoms with E-state index in [-0.39, 0.29) is 11.9 Å². The van der Waals surface area contributed by atoms with Gasteiger partial charge in [-0.1, -0.05) is 29.8 Å². The van der Waals surface area contributed by atoms with Crippen LogP contribution in [0.25, 0.3) is 0 Å². The molecule has 0 aliphatic rings. The van der Waals surface area contributed by atoms with E-state index in [9.17, 15) is 4.39 Å². The second-order valence-corrected chi connectivity index (χ2v) is 5.15. The number of nitrogens with two attached hydrogens (primary N) is 1. The Kier molecular flexibility index (Phi) is 4.99. The fourth-order valence-electron chi connectivity index (χ4n) is 2.21. The molecule has 0 amide bonds. The normalized spacial score (nSPS) is 12.2. The topological polar surface area (TPSA) is 35.2 Å². The smallest absolute Gasteiger partial charge is 0.126 e. The number of hydrogen-bond acceptors (Lipinski definition) is 2. The Hall–Kier alpha value is -1.58. The lowest BCUT2D eigenvalue weighted by atomic mass is 9.99. The Balaban J connectivity index is 2.09. The van der Waals surface area contributed by atoms with Gasteiger partial charge in [0.15, 0.2) is 0 Å². The predicted molar refractivity (Wildman–Crippen MR) is 79.8 cm³/mol. The zero-order valence-corrected chi connectivity index (χ0v) is 12.0. The van der Waals surface area contributed by atoms with Gasteiger partial charge in [-0.15, -0.1) is 0 Å². The lowest BCUT2D eigenvalue weighted by molar-refractivity contribution is 0.407. The van der Waals surface area contributed by atoms with Crippen molar-refractivity contribution in [3.8, 4) is 5.75 Å². The fraction of sp³-hybridized carbons (Fsp3) is 0.250. The Bertz CT molecular complexity index is 588. The molecule has 2 aromatic carbocycles. The molecule has 1 unspecified atom stereocenters. The van der Waals surface area contributed by atoms with Crippen molar-refractivity contribution in [3.63, 3.8) is 0 Å². The summed E-state index contributed by atoms with van der Waals surface area (Å²) in [6, 6.07) is 12.0. The van der Waals surface area contributed by atoms with E-state index in [2.05, 4.69) is 0 Å². The van der Waals surface area contributed by atoms with Crippen molar-refractivity contribution in [2.24, 2.45) is 5.73 Å². The van der Waals surface area contributed by atoms with E-state index in [1.807, 2.05) is 24.3 Å². The molecule has 0 aliphatic carbocycles. The van der Waals surface area contributed by atoms with Gasteiger partial charge in [-0.3, -0.25) is 0 Å². The molecule has 0 saturated carbocycles. The molecule has 2 rings (SSSR count). The van der Waals surface area contributed by atoms with Crippen molar-refractivity contribution in [2.45, 2.75) is 18.9 Å². The van der Waals surface area contributed by atoms with Gasteiger partial charge in [-0.2, -0.15) is 0 Å². The van der Waals surface area contributed by atoms with Crippen LogP contribution in [0.2, 0.25) is 5.02 Å². The van der Waals surface area contributed by atoms with Crippen LogP contribution in [0.4, 0.5) is 4.39 Å². The van der Waals surface area contributed by atoms with Gasteiger partial charge in [0.05, 0.1) is 7.11 Å². The fourth-order valence-corrected chi connectivity index (χ4v) is 2.40. The number of hydrogen-bond donors (Lipinski definition) is 1. The van der Waals surface area contributed by atoms with E-state index in [0.717, 1.165) is 11.3 Å². The third kappa shape index (κ3) is 3.71. The second-order valence-electron chi connectivity index (χ2n) is 4.72.